The Morgan fingerprint density at radius 3 is 2.44 bits per heavy atom. The van der Waals surface area contributed by atoms with E-state index in [4.69, 9.17) is 10.5 Å². The number of hydrogen-bond donors (Lipinski definition) is 2. The fourth-order valence-corrected chi connectivity index (χ4v) is 3.01. The van der Waals surface area contributed by atoms with Gasteiger partial charge in [0.25, 0.3) is 0 Å². The molecule has 1 saturated heterocycles. The highest BCUT2D eigenvalue weighted by Crippen LogP contribution is 2.19. The van der Waals surface area contributed by atoms with E-state index in [2.05, 4.69) is 4.72 Å². The molecule has 2 unspecified atom stereocenters. The molecule has 1 heterocycles. The van der Waals surface area contributed by atoms with E-state index in [1.807, 2.05) is 6.92 Å². The van der Waals surface area contributed by atoms with Crippen LogP contribution in [0.3, 0.4) is 0 Å². The van der Waals surface area contributed by atoms with E-state index in [-0.39, 0.29) is 12.6 Å². The van der Waals surface area contributed by atoms with Gasteiger partial charge in [0.15, 0.2) is 0 Å². The molecule has 1 rings (SSSR count). The van der Waals surface area contributed by atoms with Gasteiger partial charge in [-0.25, -0.2) is 13.1 Å². The number of nitrogens with one attached hydrogen (secondary N) is 1. The average molecular weight is 250 g/mol. The fourth-order valence-electron chi connectivity index (χ4n) is 1.81. The molecular formula is C10H22N2O3S. The molecule has 0 aromatic carbocycles. The monoisotopic (exact) mass is 250 g/mol. The molecule has 1 aliphatic heterocycles. The van der Waals surface area contributed by atoms with Gasteiger partial charge in [0.1, 0.15) is 0 Å². The maximum Gasteiger partial charge on any atom is 0.215 e. The first-order valence-corrected chi connectivity index (χ1v) is 7.31. The van der Waals surface area contributed by atoms with Crippen molar-refractivity contribution in [1.29, 1.82) is 0 Å². The van der Waals surface area contributed by atoms with Crippen molar-refractivity contribution in [3.8, 4) is 0 Å². The summed E-state index contributed by atoms with van der Waals surface area (Å²) in [5.41, 5.74) is 5.37. The third-order valence-electron chi connectivity index (χ3n) is 3.18. The van der Waals surface area contributed by atoms with E-state index in [1.54, 1.807) is 6.92 Å². The van der Waals surface area contributed by atoms with Crippen LogP contribution in [-0.4, -0.2) is 39.5 Å². The summed E-state index contributed by atoms with van der Waals surface area (Å²) in [7, 11) is -3.27. The molecule has 0 amide bonds. The summed E-state index contributed by atoms with van der Waals surface area (Å²) in [4.78, 5) is 0. The first-order valence-electron chi connectivity index (χ1n) is 5.76. The summed E-state index contributed by atoms with van der Waals surface area (Å²) in [6.45, 7) is 5.14. The molecule has 0 bridgehead atoms. The van der Waals surface area contributed by atoms with Gasteiger partial charge in [0.05, 0.1) is 5.25 Å². The summed E-state index contributed by atoms with van der Waals surface area (Å²) in [6.07, 6.45) is 1.83. The standard InChI is InChI=1S/C10H22N2O3S/c1-8(7-11)16(13,14)12-9(2)10-3-5-15-6-4-10/h8-10,12H,3-7,11H2,1-2H3. The third-order valence-corrected chi connectivity index (χ3v) is 5.14. The van der Waals surface area contributed by atoms with Crippen molar-refractivity contribution in [1.82, 2.24) is 4.72 Å². The second kappa shape index (κ2) is 5.95. The van der Waals surface area contributed by atoms with Gasteiger partial charge in [-0.15, -0.1) is 0 Å². The Kier molecular flexibility index (Phi) is 5.17. The lowest BCUT2D eigenvalue weighted by Gasteiger charge is -2.29. The minimum atomic E-state index is -3.27. The smallest absolute Gasteiger partial charge is 0.215 e. The zero-order chi connectivity index (χ0) is 12.2. The molecule has 5 nitrogen and oxygen atoms in total. The van der Waals surface area contributed by atoms with E-state index in [1.165, 1.54) is 0 Å². The Morgan fingerprint density at radius 1 is 1.38 bits per heavy atom. The van der Waals surface area contributed by atoms with Gasteiger partial charge in [-0.1, -0.05) is 0 Å². The van der Waals surface area contributed by atoms with E-state index in [0.29, 0.717) is 5.92 Å². The number of ether oxygens (including phenoxy) is 1. The van der Waals surface area contributed by atoms with Gasteiger partial charge in [-0.3, -0.25) is 0 Å². The Morgan fingerprint density at radius 2 is 1.94 bits per heavy atom. The molecule has 0 aromatic rings. The maximum atomic E-state index is 11.8. The molecule has 0 saturated carbocycles. The molecule has 0 aliphatic carbocycles. The van der Waals surface area contributed by atoms with E-state index >= 15 is 0 Å². The first kappa shape index (κ1) is 13.9. The van der Waals surface area contributed by atoms with Crippen molar-refractivity contribution < 1.29 is 13.2 Å². The maximum absolute atomic E-state index is 11.8. The highest BCUT2D eigenvalue weighted by molar-refractivity contribution is 7.90. The lowest BCUT2D eigenvalue weighted by atomic mass is 9.94. The number of sulfonamides is 1. The fraction of sp³-hybridized carbons (Fsp3) is 1.00. The molecule has 16 heavy (non-hydrogen) atoms. The Bertz CT molecular complexity index is 299. The number of hydrogen-bond acceptors (Lipinski definition) is 4. The Hall–Kier alpha value is -0.170. The molecular weight excluding hydrogens is 228 g/mol. The number of rotatable bonds is 5. The van der Waals surface area contributed by atoms with Crippen LogP contribution in [0, 0.1) is 5.92 Å². The minimum absolute atomic E-state index is 0.0390. The number of nitrogens with two attached hydrogens (primary N) is 1. The van der Waals surface area contributed by atoms with Gasteiger partial charge in [0, 0.05) is 25.8 Å². The second-order valence-electron chi connectivity index (χ2n) is 4.45. The van der Waals surface area contributed by atoms with Crippen LogP contribution in [0.2, 0.25) is 0 Å². The van der Waals surface area contributed by atoms with Crippen LogP contribution < -0.4 is 10.5 Å². The van der Waals surface area contributed by atoms with E-state index < -0.39 is 15.3 Å². The van der Waals surface area contributed by atoms with Crippen molar-refractivity contribution in [3.05, 3.63) is 0 Å². The van der Waals surface area contributed by atoms with Crippen LogP contribution in [0.5, 0.6) is 0 Å². The molecule has 96 valence electrons. The van der Waals surface area contributed by atoms with Gasteiger partial charge in [-0.2, -0.15) is 0 Å². The highest BCUT2D eigenvalue weighted by Gasteiger charge is 2.27. The van der Waals surface area contributed by atoms with Crippen LogP contribution in [0.25, 0.3) is 0 Å². The van der Waals surface area contributed by atoms with E-state index in [9.17, 15) is 8.42 Å². The van der Waals surface area contributed by atoms with Gasteiger partial charge in [0.2, 0.25) is 10.0 Å². The molecule has 0 radical (unpaired) electrons. The van der Waals surface area contributed by atoms with Crippen molar-refractivity contribution >= 4 is 10.0 Å². The van der Waals surface area contributed by atoms with Crippen LogP contribution in [0.4, 0.5) is 0 Å². The van der Waals surface area contributed by atoms with Crippen LogP contribution in [0.15, 0.2) is 0 Å². The van der Waals surface area contributed by atoms with Crippen molar-refractivity contribution in [2.45, 2.75) is 38.0 Å². The molecule has 1 aliphatic rings. The summed E-state index contributed by atoms with van der Waals surface area (Å²) in [6, 6.07) is -0.0390. The van der Waals surface area contributed by atoms with E-state index in [0.717, 1.165) is 26.1 Å². The first-order chi connectivity index (χ1) is 7.47. The van der Waals surface area contributed by atoms with Gasteiger partial charge in [-0.05, 0) is 32.6 Å². The summed E-state index contributed by atoms with van der Waals surface area (Å²) in [5.74, 6) is 0.369. The van der Waals surface area contributed by atoms with Crippen molar-refractivity contribution in [2.75, 3.05) is 19.8 Å². The van der Waals surface area contributed by atoms with Crippen molar-refractivity contribution in [2.24, 2.45) is 11.7 Å². The Balaban J connectivity index is 2.52. The van der Waals surface area contributed by atoms with Crippen LogP contribution in [-0.2, 0) is 14.8 Å². The molecule has 0 spiro atoms. The van der Waals surface area contributed by atoms with Crippen LogP contribution >= 0.6 is 0 Å². The predicted molar refractivity (Wildman–Crippen MR) is 63.6 cm³/mol. The summed E-state index contributed by atoms with van der Waals surface area (Å²) < 4.78 is 31.5. The molecule has 3 N–H and O–H groups in total. The molecule has 1 fully saturated rings. The zero-order valence-corrected chi connectivity index (χ0v) is 10.8. The minimum Gasteiger partial charge on any atom is -0.381 e. The predicted octanol–water partition coefficient (Wildman–Crippen LogP) is 0.0681. The lowest BCUT2D eigenvalue weighted by molar-refractivity contribution is 0.0585. The largest absolute Gasteiger partial charge is 0.381 e. The summed E-state index contributed by atoms with van der Waals surface area (Å²) in [5, 5.41) is -0.533. The SMILES string of the molecule is CC(NS(=O)(=O)C(C)CN)C1CCOCC1. The normalized spacial score (nSPS) is 22.9. The molecule has 2 atom stereocenters. The summed E-state index contributed by atoms with van der Waals surface area (Å²) >= 11 is 0. The lowest BCUT2D eigenvalue weighted by Crippen LogP contribution is -2.45. The van der Waals surface area contributed by atoms with Gasteiger partial charge < -0.3 is 10.5 Å². The topological polar surface area (TPSA) is 81.4 Å². The van der Waals surface area contributed by atoms with Gasteiger partial charge >= 0.3 is 0 Å². The molecule has 0 aromatic heterocycles. The van der Waals surface area contributed by atoms with Crippen LogP contribution in [0.1, 0.15) is 26.7 Å². The highest BCUT2D eigenvalue weighted by atomic mass is 32.2. The average Bonchev–Trinajstić information content (AvgIpc) is 2.28. The molecule has 6 heteroatoms. The second-order valence-corrected chi connectivity index (χ2v) is 6.58. The zero-order valence-electron chi connectivity index (χ0n) is 9.98. The van der Waals surface area contributed by atoms with Crippen molar-refractivity contribution in [3.63, 3.8) is 0 Å². The third kappa shape index (κ3) is 3.69. The Labute approximate surface area is 97.8 Å². The quantitative estimate of drug-likeness (QED) is 0.723.